The van der Waals surface area contributed by atoms with E-state index in [0.717, 1.165) is 30.2 Å². The van der Waals surface area contributed by atoms with Crippen LogP contribution >= 0.6 is 0 Å². The number of aromatic nitrogens is 1. The van der Waals surface area contributed by atoms with Gasteiger partial charge in [0.1, 0.15) is 0 Å². The van der Waals surface area contributed by atoms with E-state index >= 15 is 0 Å². The maximum atomic E-state index is 12.2. The minimum Gasteiger partial charge on any atom is -0.357 e. The largest absolute Gasteiger partial charge is 0.357 e. The summed E-state index contributed by atoms with van der Waals surface area (Å²) in [7, 11) is -3.04. The van der Waals surface area contributed by atoms with E-state index in [1.165, 1.54) is 0 Å². The molecule has 1 aliphatic rings. The lowest BCUT2D eigenvalue weighted by molar-refractivity contribution is 0.353. The van der Waals surface area contributed by atoms with Crippen LogP contribution in [0.2, 0.25) is 0 Å². The van der Waals surface area contributed by atoms with Crippen molar-refractivity contribution in [3.05, 3.63) is 29.6 Å². The summed E-state index contributed by atoms with van der Waals surface area (Å²) in [6.07, 6.45) is 2.70. The molecule has 0 aromatic carbocycles. The summed E-state index contributed by atoms with van der Waals surface area (Å²) in [5, 5.41) is 3.28. The van der Waals surface area contributed by atoms with Gasteiger partial charge in [-0.1, -0.05) is 6.07 Å². The first kappa shape index (κ1) is 18.7. The lowest BCUT2D eigenvalue weighted by Crippen LogP contribution is -2.57. The second-order valence-corrected chi connectivity index (χ2v) is 9.54. The van der Waals surface area contributed by atoms with Crippen LogP contribution in [0, 0.1) is 6.92 Å². The van der Waals surface area contributed by atoms with Crippen LogP contribution in [-0.4, -0.2) is 60.9 Å². The number of pyridine rings is 1. The molecule has 24 heavy (non-hydrogen) atoms. The minimum absolute atomic E-state index is 0.173. The molecule has 1 saturated heterocycles. The number of nitrogens with zero attached hydrogens (tertiary/aromatic N) is 3. The summed E-state index contributed by atoms with van der Waals surface area (Å²) in [6.45, 7) is 9.93. The second kappa shape index (κ2) is 7.51. The van der Waals surface area contributed by atoms with Gasteiger partial charge in [0.15, 0.2) is 15.8 Å². The van der Waals surface area contributed by atoms with Crippen molar-refractivity contribution in [3.8, 4) is 0 Å². The van der Waals surface area contributed by atoms with Crippen LogP contribution in [0.1, 0.15) is 32.0 Å². The molecule has 134 valence electrons. The zero-order valence-corrected chi connectivity index (χ0v) is 15.9. The fourth-order valence-electron chi connectivity index (χ4n) is 2.69. The third kappa shape index (κ3) is 4.47. The zero-order chi connectivity index (χ0) is 17.8. The molecule has 0 unspecified atom stereocenters. The van der Waals surface area contributed by atoms with Gasteiger partial charge in [-0.25, -0.2) is 8.42 Å². The van der Waals surface area contributed by atoms with Crippen molar-refractivity contribution < 1.29 is 8.42 Å². The molecular weight excluding hydrogens is 324 g/mol. The molecule has 1 N–H and O–H groups in total. The van der Waals surface area contributed by atoms with Gasteiger partial charge in [0.25, 0.3) is 0 Å². The summed E-state index contributed by atoms with van der Waals surface area (Å²) in [5.74, 6) is 0.965. The van der Waals surface area contributed by atoms with Gasteiger partial charge in [0.2, 0.25) is 0 Å². The molecular formula is C17H28N4O2S. The van der Waals surface area contributed by atoms with Gasteiger partial charge < -0.3 is 10.2 Å². The van der Waals surface area contributed by atoms with Crippen molar-refractivity contribution in [2.75, 3.05) is 31.9 Å². The number of aliphatic imine (C=N–C) groups is 1. The molecule has 0 aliphatic carbocycles. The lowest BCUT2D eigenvalue weighted by atomic mass is 10.2. The first-order chi connectivity index (χ1) is 11.2. The Morgan fingerprint density at radius 3 is 2.75 bits per heavy atom. The lowest BCUT2D eigenvalue weighted by Gasteiger charge is -2.39. The van der Waals surface area contributed by atoms with Crippen molar-refractivity contribution >= 4 is 15.8 Å². The van der Waals surface area contributed by atoms with E-state index in [0.29, 0.717) is 19.6 Å². The summed E-state index contributed by atoms with van der Waals surface area (Å²) >= 11 is 0. The van der Waals surface area contributed by atoms with Crippen LogP contribution in [0.25, 0.3) is 0 Å². The Morgan fingerprint density at radius 1 is 1.42 bits per heavy atom. The molecule has 0 saturated carbocycles. The van der Waals surface area contributed by atoms with E-state index < -0.39 is 14.6 Å². The predicted octanol–water partition coefficient (Wildman–Crippen LogP) is 1.41. The van der Waals surface area contributed by atoms with Gasteiger partial charge in [0.05, 0.1) is 10.5 Å². The van der Waals surface area contributed by atoms with Crippen molar-refractivity contribution in [2.45, 2.75) is 38.9 Å². The Hall–Kier alpha value is -1.63. The molecule has 2 heterocycles. The molecule has 6 nitrogen and oxygen atoms in total. The van der Waals surface area contributed by atoms with Crippen LogP contribution in [0.15, 0.2) is 23.3 Å². The van der Waals surface area contributed by atoms with E-state index in [1.807, 2.05) is 26.1 Å². The summed E-state index contributed by atoms with van der Waals surface area (Å²) in [4.78, 5) is 11.0. The maximum absolute atomic E-state index is 12.2. The number of rotatable bonds is 4. The molecule has 2 rings (SSSR count). The number of guanidine groups is 1. The fourth-order valence-corrected chi connectivity index (χ4v) is 4.05. The minimum atomic E-state index is -3.04. The molecule has 0 spiro atoms. The molecule has 1 aromatic rings. The van der Waals surface area contributed by atoms with Crippen molar-refractivity contribution in [2.24, 2.45) is 4.99 Å². The van der Waals surface area contributed by atoms with E-state index in [9.17, 15) is 8.42 Å². The summed E-state index contributed by atoms with van der Waals surface area (Å²) in [6, 6.07) is 4.07. The molecule has 1 aromatic heterocycles. The molecule has 1 fully saturated rings. The SMILES string of the molecule is CCNC(=NCCc1ccc(C)nc1)N1CCS(=O)(=O)C(C)(C)C1. The first-order valence-electron chi connectivity index (χ1n) is 8.42. The van der Waals surface area contributed by atoms with Crippen LogP contribution in [0.4, 0.5) is 0 Å². The molecule has 0 amide bonds. The summed E-state index contributed by atoms with van der Waals surface area (Å²) < 4.78 is 23.6. The van der Waals surface area contributed by atoms with Crippen LogP contribution < -0.4 is 5.32 Å². The fraction of sp³-hybridized carbons (Fsp3) is 0.647. The number of sulfone groups is 1. The Kier molecular flexibility index (Phi) is 5.85. The standard InChI is InChI=1S/C17H28N4O2S/c1-5-18-16(19-9-8-15-7-6-14(2)20-12-15)21-10-11-24(22,23)17(3,4)13-21/h6-7,12H,5,8-11,13H2,1-4H3,(H,18,19). The second-order valence-electron chi connectivity index (χ2n) is 6.79. The highest BCUT2D eigenvalue weighted by Crippen LogP contribution is 2.23. The predicted molar refractivity (Wildman–Crippen MR) is 98.1 cm³/mol. The van der Waals surface area contributed by atoms with E-state index in [4.69, 9.17) is 0 Å². The zero-order valence-electron chi connectivity index (χ0n) is 15.0. The molecule has 0 atom stereocenters. The monoisotopic (exact) mass is 352 g/mol. The third-order valence-corrected chi connectivity index (χ3v) is 6.85. The van der Waals surface area contributed by atoms with E-state index in [2.05, 4.69) is 26.3 Å². The van der Waals surface area contributed by atoms with Gasteiger partial charge in [-0.3, -0.25) is 9.98 Å². The van der Waals surface area contributed by atoms with Crippen LogP contribution in [0.5, 0.6) is 0 Å². The van der Waals surface area contributed by atoms with Gasteiger partial charge >= 0.3 is 0 Å². The smallest absolute Gasteiger partial charge is 0.194 e. The third-order valence-electron chi connectivity index (χ3n) is 4.31. The Balaban J connectivity index is 2.04. The van der Waals surface area contributed by atoms with Crippen molar-refractivity contribution in [3.63, 3.8) is 0 Å². The number of hydrogen-bond donors (Lipinski definition) is 1. The highest BCUT2D eigenvalue weighted by atomic mass is 32.2. The molecule has 1 aliphatic heterocycles. The summed E-state index contributed by atoms with van der Waals surface area (Å²) in [5.41, 5.74) is 2.16. The Labute approximate surface area is 145 Å². The number of nitrogens with one attached hydrogen (secondary N) is 1. The first-order valence-corrected chi connectivity index (χ1v) is 10.1. The van der Waals surface area contributed by atoms with Crippen LogP contribution in [-0.2, 0) is 16.3 Å². The number of aryl methyl sites for hydroxylation is 1. The van der Waals surface area contributed by atoms with Crippen molar-refractivity contribution in [1.82, 2.24) is 15.2 Å². The molecule has 7 heteroatoms. The Morgan fingerprint density at radius 2 is 2.17 bits per heavy atom. The Bertz CT molecular complexity index is 681. The van der Waals surface area contributed by atoms with Gasteiger partial charge in [-0.2, -0.15) is 0 Å². The number of hydrogen-bond acceptors (Lipinski definition) is 4. The average Bonchev–Trinajstić information content (AvgIpc) is 2.51. The molecule has 0 radical (unpaired) electrons. The quantitative estimate of drug-likeness (QED) is 0.655. The van der Waals surface area contributed by atoms with Gasteiger partial charge in [-0.05, 0) is 45.7 Å². The van der Waals surface area contributed by atoms with E-state index in [-0.39, 0.29) is 5.75 Å². The van der Waals surface area contributed by atoms with Gasteiger partial charge in [-0.15, -0.1) is 0 Å². The van der Waals surface area contributed by atoms with Crippen LogP contribution in [0.3, 0.4) is 0 Å². The maximum Gasteiger partial charge on any atom is 0.194 e. The average molecular weight is 353 g/mol. The van der Waals surface area contributed by atoms with Gasteiger partial charge in [0, 0.05) is 38.1 Å². The van der Waals surface area contributed by atoms with Crippen molar-refractivity contribution in [1.29, 1.82) is 0 Å². The normalized spacial score (nSPS) is 20.0. The molecule has 0 bridgehead atoms. The highest BCUT2D eigenvalue weighted by molar-refractivity contribution is 7.92. The topological polar surface area (TPSA) is 74.7 Å². The highest BCUT2D eigenvalue weighted by Gasteiger charge is 2.40. The van der Waals surface area contributed by atoms with E-state index in [1.54, 1.807) is 13.8 Å².